The van der Waals surface area contributed by atoms with Crippen LogP contribution in [0.25, 0.3) is 21.1 Å². The van der Waals surface area contributed by atoms with Crippen LogP contribution in [0.2, 0.25) is 0 Å². The molecule has 6 nitrogen and oxygen atoms in total. The van der Waals surface area contributed by atoms with Crippen LogP contribution in [0.15, 0.2) is 36.8 Å². The van der Waals surface area contributed by atoms with Gasteiger partial charge in [-0.3, -0.25) is 4.79 Å². The maximum atomic E-state index is 13.2. The summed E-state index contributed by atoms with van der Waals surface area (Å²) in [5, 5.41) is 5.72. The van der Waals surface area contributed by atoms with Gasteiger partial charge in [-0.2, -0.15) is 0 Å². The second-order valence-electron chi connectivity index (χ2n) is 8.49. The standard InChI is InChI=1S/C24H27N5OS/c1-15-6-5-11-29(13-15)24(30)21-16(2)20-22(27-14-28-23(20)31-21)25-10-9-17-12-26-19-8-4-3-7-18(17)19/h3-4,7-8,12,14-15,26H,5-6,9-11,13H2,1-2H3,(H,25,27,28)/t15-/m1/s1. The number of H-pyrrole nitrogens is 1. The smallest absolute Gasteiger partial charge is 0.264 e. The molecule has 1 fully saturated rings. The molecule has 1 aromatic carbocycles. The average molecular weight is 434 g/mol. The molecule has 160 valence electrons. The number of piperidine rings is 1. The number of aryl methyl sites for hydroxylation is 1. The Labute approximate surface area is 185 Å². The van der Waals surface area contributed by atoms with Gasteiger partial charge in [0.15, 0.2) is 0 Å². The van der Waals surface area contributed by atoms with Gasteiger partial charge in [0.05, 0.1) is 10.3 Å². The van der Waals surface area contributed by atoms with Gasteiger partial charge in [-0.05, 0) is 49.3 Å². The summed E-state index contributed by atoms with van der Waals surface area (Å²) in [7, 11) is 0. The summed E-state index contributed by atoms with van der Waals surface area (Å²) in [5.41, 5.74) is 3.43. The molecule has 4 aromatic rings. The van der Waals surface area contributed by atoms with Gasteiger partial charge >= 0.3 is 0 Å². The maximum Gasteiger partial charge on any atom is 0.264 e. The normalized spacial score (nSPS) is 16.8. The van der Waals surface area contributed by atoms with Gasteiger partial charge < -0.3 is 15.2 Å². The number of benzene rings is 1. The monoisotopic (exact) mass is 433 g/mol. The number of nitrogens with zero attached hydrogens (tertiary/aromatic N) is 3. The number of nitrogens with one attached hydrogen (secondary N) is 2. The lowest BCUT2D eigenvalue weighted by Gasteiger charge is -2.30. The fraction of sp³-hybridized carbons (Fsp3) is 0.375. The van der Waals surface area contributed by atoms with Crippen LogP contribution in [-0.4, -0.2) is 45.4 Å². The van der Waals surface area contributed by atoms with Crippen molar-refractivity contribution < 1.29 is 4.79 Å². The zero-order valence-corrected chi connectivity index (χ0v) is 18.8. The van der Waals surface area contributed by atoms with E-state index in [9.17, 15) is 4.79 Å². The van der Waals surface area contributed by atoms with E-state index in [2.05, 4.69) is 51.6 Å². The molecule has 1 aliphatic rings. The highest BCUT2D eigenvalue weighted by molar-refractivity contribution is 7.20. The van der Waals surface area contributed by atoms with E-state index in [4.69, 9.17) is 0 Å². The first-order chi connectivity index (χ1) is 15.1. The van der Waals surface area contributed by atoms with Crippen LogP contribution in [0, 0.1) is 12.8 Å². The van der Waals surface area contributed by atoms with Crippen LogP contribution in [0.4, 0.5) is 5.82 Å². The molecular formula is C24H27N5OS. The Kier molecular flexibility index (Phi) is 5.36. The molecule has 31 heavy (non-hydrogen) atoms. The zero-order chi connectivity index (χ0) is 21.4. The molecular weight excluding hydrogens is 406 g/mol. The summed E-state index contributed by atoms with van der Waals surface area (Å²) >= 11 is 1.49. The van der Waals surface area contributed by atoms with E-state index in [-0.39, 0.29) is 5.91 Å². The highest BCUT2D eigenvalue weighted by Crippen LogP contribution is 2.34. The van der Waals surface area contributed by atoms with E-state index in [1.807, 2.05) is 17.9 Å². The third kappa shape index (κ3) is 3.78. The van der Waals surface area contributed by atoms with Gasteiger partial charge in [-0.15, -0.1) is 11.3 Å². The number of amides is 1. The predicted molar refractivity (Wildman–Crippen MR) is 127 cm³/mol. The molecule has 0 bridgehead atoms. The van der Waals surface area contributed by atoms with Gasteiger partial charge in [-0.1, -0.05) is 25.1 Å². The Morgan fingerprint density at radius 1 is 1.32 bits per heavy atom. The summed E-state index contributed by atoms with van der Waals surface area (Å²) in [6.07, 6.45) is 6.83. The molecule has 0 saturated carbocycles. The predicted octanol–water partition coefficient (Wildman–Crippen LogP) is 5.01. The molecule has 5 rings (SSSR count). The van der Waals surface area contributed by atoms with Crippen molar-refractivity contribution in [3.63, 3.8) is 0 Å². The first kappa shape index (κ1) is 20.0. The number of carbonyl (C=O) groups excluding carboxylic acids is 1. The van der Waals surface area contributed by atoms with E-state index < -0.39 is 0 Å². The molecule has 4 heterocycles. The molecule has 0 spiro atoms. The van der Waals surface area contributed by atoms with Crippen LogP contribution >= 0.6 is 11.3 Å². The van der Waals surface area contributed by atoms with E-state index in [1.165, 1.54) is 28.7 Å². The van der Waals surface area contributed by atoms with Crippen molar-refractivity contribution in [2.75, 3.05) is 25.0 Å². The number of likely N-dealkylation sites (tertiary alicyclic amines) is 1. The van der Waals surface area contributed by atoms with E-state index >= 15 is 0 Å². The fourth-order valence-corrected chi connectivity index (χ4v) is 5.70. The fourth-order valence-electron chi connectivity index (χ4n) is 4.58. The topological polar surface area (TPSA) is 73.9 Å². The molecule has 0 radical (unpaired) electrons. The Balaban J connectivity index is 1.36. The largest absolute Gasteiger partial charge is 0.369 e. The molecule has 1 aliphatic heterocycles. The first-order valence-corrected chi connectivity index (χ1v) is 11.8. The number of carbonyl (C=O) groups is 1. The molecule has 3 aromatic heterocycles. The van der Waals surface area contributed by atoms with Crippen LogP contribution in [0.3, 0.4) is 0 Å². The second kappa shape index (κ2) is 8.30. The number of aromatic amines is 1. The van der Waals surface area contributed by atoms with Crippen LogP contribution in [-0.2, 0) is 6.42 Å². The van der Waals surface area contributed by atoms with Crippen molar-refractivity contribution in [3.8, 4) is 0 Å². The molecule has 0 unspecified atom stereocenters. The molecule has 1 atom stereocenters. The first-order valence-electron chi connectivity index (χ1n) is 10.9. The van der Waals surface area contributed by atoms with Crippen molar-refractivity contribution in [3.05, 3.63) is 52.8 Å². The number of para-hydroxylation sites is 1. The van der Waals surface area contributed by atoms with Crippen molar-refractivity contribution in [2.24, 2.45) is 5.92 Å². The van der Waals surface area contributed by atoms with Gasteiger partial charge in [0.2, 0.25) is 0 Å². The Hall–Kier alpha value is -2.93. The van der Waals surface area contributed by atoms with E-state index in [0.717, 1.165) is 64.5 Å². The third-order valence-corrected chi connectivity index (χ3v) is 7.41. The Bertz CT molecular complexity index is 1240. The van der Waals surface area contributed by atoms with Crippen molar-refractivity contribution >= 4 is 44.2 Å². The minimum Gasteiger partial charge on any atom is -0.369 e. The number of thiophene rings is 1. The van der Waals surface area contributed by atoms with E-state index in [0.29, 0.717) is 5.92 Å². The highest BCUT2D eigenvalue weighted by Gasteiger charge is 2.26. The lowest BCUT2D eigenvalue weighted by Crippen LogP contribution is -2.38. The second-order valence-corrected chi connectivity index (χ2v) is 9.49. The van der Waals surface area contributed by atoms with Gasteiger partial charge in [-0.25, -0.2) is 9.97 Å². The quantitative estimate of drug-likeness (QED) is 0.464. The maximum absolute atomic E-state index is 13.2. The zero-order valence-electron chi connectivity index (χ0n) is 17.9. The van der Waals surface area contributed by atoms with Gasteiger partial charge in [0.25, 0.3) is 5.91 Å². The summed E-state index contributed by atoms with van der Waals surface area (Å²) < 4.78 is 0. The van der Waals surface area contributed by atoms with Crippen molar-refractivity contribution in [1.29, 1.82) is 0 Å². The average Bonchev–Trinajstić information content (AvgIpc) is 3.35. The van der Waals surface area contributed by atoms with Crippen molar-refractivity contribution in [2.45, 2.75) is 33.1 Å². The van der Waals surface area contributed by atoms with Crippen LogP contribution in [0.1, 0.15) is 40.6 Å². The van der Waals surface area contributed by atoms with Crippen LogP contribution in [0.5, 0.6) is 0 Å². The lowest BCUT2D eigenvalue weighted by molar-refractivity contribution is 0.0687. The Morgan fingerprint density at radius 2 is 2.19 bits per heavy atom. The summed E-state index contributed by atoms with van der Waals surface area (Å²) in [6, 6.07) is 8.35. The number of fused-ring (bicyclic) bond motifs is 2. The minimum atomic E-state index is 0.136. The number of rotatable bonds is 5. The highest BCUT2D eigenvalue weighted by atomic mass is 32.1. The molecule has 2 N–H and O–H groups in total. The number of hydrogen-bond donors (Lipinski definition) is 2. The molecule has 1 saturated heterocycles. The molecule has 1 amide bonds. The SMILES string of the molecule is Cc1c(C(=O)N2CCC[C@@H](C)C2)sc2ncnc(NCCc3c[nH]c4ccccc34)c12. The minimum absolute atomic E-state index is 0.136. The molecule has 0 aliphatic carbocycles. The van der Waals surface area contributed by atoms with Gasteiger partial charge in [0.1, 0.15) is 17.0 Å². The number of anilines is 1. The number of hydrogen-bond acceptors (Lipinski definition) is 5. The van der Waals surface area contributed by atoms with E-state index in [1.54, 1.807) is 6.33 Å². The van der Waals surface area contributed by atoms with Crippen LogP contribution < -0.4 is 5.32 Å². The summed E-state index contributed by atoms with van der Waals surface area (Å²) in [6.45, 7) is 6.69. The Morgan fingerprint density at radius 3 is 3.06 bits per heavy atom. The third-order valence-electron chi connectivity index (χ3n) is 6.23. The summed E-state index contributed by atoms with van der Waals surface area (Å²) in [5.74, 6) is 1.51. The van der Waals surface area contributed by atoms with Crippen molar-refractivity contribution in [1.82, 2.24) is 19.9 Å². The van der Waals surface area contributed by atoms with Gasteiger partial charge in [0, 0.05) is 36.7 Å². The summed E-state index contributed by atoms with van der Waals surface area (Å²) in [4.78, 5) is 29.2. The number of aromatic nitrogens is 3. The molecule has 7 heteroatoms. The lowest BCUT2D eigenvalue weighted by atomic mass is 10.00.